The number of nitrogens with one attached hydrogen (secondary N) is 1. The van der Waals surface area contributed by atoms with Crippen LogP contribution < -0.4 is 5.32 Å². The predicted octanol–water partition coefficient (Wildman–Crippen LogP) is 3.13. The number of rotatable bonds is 5. The first-order chi connectivity index (χ1) is 8.70. The van der Waals surface area contributed by atoms with Gasteiger partial charge in [0.25, 0.3) is 0 Å². The van der Waals surface area contributed by atoms with Crippen LogP contribution in [0.2, 0.25) is 0 Å². The van der Waals surface area contributed by atoms with E-state index in [0.717, 1.165) is 30.3 Å². The van der Waals surface area contributed by atoms with Gasteiger partial charge in [0.05, 0.1) is 0 Å². The van der Waals surface area contributed by atoms with Crippen molar-refractivity contribution >= 4 is 0 Å². The Bertz CT molecular complexity index is 231. The molecule has 2 aliphatic rings. The summed E-state index contributed by atoms with van der Waals surface area (Å²) in [6.45, 7) is 12.2. The quantitative estimate of drug-likeness (QED) is 0.809. The van der Waals surface area contributed by atoms with E-state index in [4.69, 9.17) is 0 Å². The van der Waals surface area contributed by atoms with E-state index in [1.807, 2.05) is 0 Å². The first-order valence-electron chi connectivity index (χ1n) is 8.16. The molecule has 1 saturated carbocycles. The highest BCUT2D eigenvalue weighted by molar-refractivity contribution is 4.86. The summed E-state index contributed by atoms with van der Waals surface area (Å²) in [6, 6.07) is 0.804. The van der Waals surface area contributed by atoms with Crippen molar-refractivity contribution < 1.29 is 0 Å². The number of hydrogen-bond acceptors (Lipinski definition) is 2. The topological polar surface area (TPSA) is 15.3 Å². The van der Waals surface area contributed by atoms with Crippen molar-refractivity contribution in [3.63, 3.8) is 0 Å². The van der Waals surface area contributed by atoms with Gasteiger partial charge < -0.3 is 10.2 Å². The second-order valence-electron chi connectivity index (χ2n) is 6.74. The molecule has 18 heavy (non-hydrogen) atoms. The summed E-state index contributed by atoms with van der Waals surface area (Å²) in [6.07, 6.45) is 7.14. The Morgan fingerprint density at radius 2 is 1.83 bits per heavy atom. The number of likely N-dealkylation sites (tertiary alicyclic amines) is 1. The minimum atomic E-state index is 0.804. The van der Waals surface area contributed by atoms with E-state index in [1.54, 1.807) is 0 Å². The molecule has 0 aromatic heterocycles. The molecule has 2 rings (SSSR count). The van der Waals surface area contributed by atoms with Gasteiger partial charge in [-0.05, 0) is 63.1 Å². The van der Waals surface area contributed by atoms with E-state index in [0.29, 0.717) is 0 Å². The maximum Gasteiger partial charge on any atom is 0.0107 e. The van der Waals surface area contributed by atoms with Crippen molar-refractivity contribution in [3.8, 4) is 0 Å². The second kappa shape index (κ2) is 6.91. The van der Waals surface area contributed by atoms with Gasteiger partial charge in [-0.3, -0.25) is 0 Å². The van der Waals surface area contributed by atoms with Crippen molar-refractivity contribution in [1.82, 2.24) is 10.2 Å². The third-order valence-electron chi connectivity index (χ3n) is 5.19. The zero-order valence-corrected chi connectivity index (χ0v) is 12.6. The van der Waals surface area contributed by atoms with E-state index in [1.165, 1.54) is 51.7 Å². The maximum absolute atomic E-state index is 3.68. The molecule has 2 nitrogen and oxygen atoms in total. The van der Waals surface area contributed by atoms with E-state index in [2.05, 4.69) is 31.0 Å². The second-order valence-corrected chi connectivity index (χ2v) is 6.74. The molecular weight excluding hydrogens is 220 g/mol. The summed E-state index contributed by atoms with van der Waals surface area (Å²) >= 11 is 0. The van der Waals surface area contributed by atoms with Crippen molar-refractivity contribution in [2.45, 2.75) is 58.9 Å². The molecule has 2 atom stereocenters. The van der Waals surface area contributed by atoms with Gasteiger partial charge >= 0.3 is 0 Å². The third-order valence-corrected chi connectivity index (χ3v) is 5.19. The molecule has 2 fully saturated rings. The summed E-state index contributed by atoms with van der Waals surface area (Å²) in [7, 11) is 0. The van der Waals surface area contributed by atoms with Crippen LogP contribution in [0, 0.1) is 17.8 Å². The summed E-state index contributed by atoms with van der Waals surface area (Å²) in [4.78, 5) is 2.74. The molecule has 2 unspecified atom stereocenters. The van der Waals surface area contributed by atoms with E-state index in [9.17, 15) is 0 Å². The Morgan fingerprint density at radius 3 is 2.44 bits per heavy atom. The summed E-state index contributed by atoms with van der Waals surface area (Å²) < 4.78 is 0. The minimum absolute atomic E-state index is 0.804. The average molecular weight is 252 g/mol. The van der Waals surface area contributed by atoms with Crippen LogP contribution in [0.3, 0.4) is 0 Å². The highest BCUT2D eigenvalue weighted by Crippen LogP contribution is 2.29. The molecule has 1 heterocycles. The molecule has 1 N–H and O–H groups in total. The smallest absolute Gasteiger partial charge is 0.0107 e. The lowest BCUT2D eigenvalue weighted by Gasteiger charge is -2.36. The molecule has 106 valence electrons. The maximum atomic E-state index is 3.68. The SMILES string of the molecule is CCNC1CCCC1CN1CCC(C(C)C)CC1. The average Bonchev–Trinajstić information content (AvgIpc) is 2.78. The molecule has 1 aliphatic heterocycles. The summed E-state index contributed by atoms with van der Waals surface area (Å²) in [5, 5.41) is 3.68. The van der Waals surface area contributed by atoms with Gasteiger partial charge in [-0.25, -0.2) is 0 Å². The highest BCUT2D eigenvalue weighted by atomic mass is 15.1. The van der Waals surface area contributed by atoms with Crippen LogP contribution in [0.15, 0.2) is 0 Å². The van der Waals surface area contributed by atoms with Crippen LogP contribution in [0.25, 0.3) is 0 Å². The first-order valence-corrected chi connectivity index (χ1v) is 8.16. The number of hydrogen-bond donors (Lipinski definition) is 1. The summed E-state index contributed by atoms with van der Waals surface area (Å²) in [5.74, 6) is 2.78. The van der Waals surface area contributed by atoms with Gasteiger partial charge in [0.15, 0.2) is 0 Å². The van der Waals surface area contributed by atoms with Gasteiger partial charge in [0, 0.05) is 12.6 Å². The molecule has 1 saturated heterocycles. The van der Waals surface area contributed by atoms with E-state index >= 15 is 0 Å². The minimum Gasteiger partial charge on any atom is -0.314 e. The molecular formula is C16H32N2. The first kappa shape index (κ1) is 14.3. The van der Waals surface area contributed by atoms with Gasteiger partial charge in [-0.15, -0.1) is 0 Å². The molecule has 0 spiro atoms. The van der Waals surface area contributed by atoms with Crippen LogP contribution in [0.1, 0.15) is 52.9 Å². The van der Waals surface area contributed by atoms with E-state index < -0.39 is 0 Å². The zero-order chi connectivity index (χ0) is 13.0. The van der Waals surface area contributed by atoms with Crippen molar-refractivity contribution in [2.24, 2.45) is 17.8 Å². The van der Waals surface area contributed by atoms with Gasteiger partial charge in [0.2, 0.25) is 0 Å². The number of nitrogens with zero attached hydrogens (tertiary/aromatic N) is 1. The highest BCUT2D eigenvalue weighted by Gasteiger charge is 2.29. The van der Waals surface area contributed by atoms with Gasteiger partial charge in [-0.1, -0.05) is 27.2 Å². The molecule has 1 aliphatic carbocycles. The van der Waals surface area contributed by atoms with Gasteiger partial charge in [-0.2, -0.15) is 0 Å². The molecule has 0 amide bonds. The fourth-order valence-corrected chi connectivity index (χ4v) is 3.92. The monoisotopic (exact) mass is 252 g/mol. The van der Waals surface area contributed by atoms with E-state index in [-0.39, 0.29) is 0 Å². The Balaban J connectivity index is 1.74. The molecule has 0 bridgehead atoms. The standard InChI is InChI=1S/C16H32N2/c1-4-17-16-7-5-6-15(16)12-18-10-8-14(9-11-18)13(2)3/h13-17H,4-12H2,1-3H3. The normalized spacial score (nSPS) is 31.3. The van der Waals surface area contributed by atoms with Crippen molar-refractivity contribution in [3.05, 3.63) is 0 Å². The van der Waals surface area contributed by atoms with Gasteiger partial charge in [0.1, 0.15) is 0 Å². The Labute approximate surface area is 114 Å². The van der Waals surface area contributed by atoms with Crippen LogP contribution in [-0.4, -0.2) is 37.1 Å². The Morgan fingerprint density at radius 1 is 1.11 bits per heavy atom. The molecule has 0 radical (unpaired) electrons. The molecule has 0 aromatic carbocycles. The number of piperidine rings is 1. The van der Waals surface area contributed by atoms with Crippen LogP contribution in [-0.2, 0) is 0 Å². The van der Waals surface area contributed by atoms with Crippen molar-refractivity contribution in [2.75, 3.05) is 26.2 Å². The Kier molecular flexibility index (Phi) is 5.50. The zero-order valence-electron chi connectivity index (χ0n) is 12.6. The van der Waals surface area contributed by atoms with Crippen LogP contribution in [0.4, 0.5) is 0 Å². The van der Waals surface area contributed by atoms with Crippen LogP contribution >= 0.6 is 0 Å². The fraction of sp³-hybridized carbons (Fsp3) is 1.00. The lowest BCUT2D eigenvalue weighted by atomic mass is 9.86. The molecule has 2 heteroatoms. The summed E-state index contributed by atoms with van der Waals surface area (Å²) in [5.41, 5.74) is 0. The van der Waals surface area contributed by atoms with Crippen LogP contribution in [0.5, 0.6) is 0 Å². The lowest BCUT2D eigenvalue weighted by Crippen LogP contribution is -2.42. The van der Waals surface area contributed by atoms with Crippen molar-refractivity contribution in [1.29, 1.82) is 0 Å². The predicted molar refractivity (Wildman–Crippen MR) is 78.8 cm³/mol. The third kappa shape index (κ3) is 3.71. The Hall–Kier alpha value is -0.0800. The molecule has 0 aromatic rings. The largest absolute Gasteiger partial charge is 0.314 e. The lowest BCUT2D eigenvalue weighted by molar-refractivity contribution is 0.133. The fourth-order valence-electron chi connectivity index (χ4n) is 3.92.